The molecule has 0 heterocycles. The average molecular weight is 222 g/mol. The normalized spacial score (nSPS) is 58.7. The van der Waals surface area contributed by atoms with E-state index in [1.807, 2.05) is 0 Å². The van der Waals surface area contributed by atoms with Crippen LogP contribution in [0.5, 0.6) is 0 Å². The molecule has 3 fully saturated rings. The molecule has 0 bridgehead atoms. The van der Waals surface area contributed by atoms with Crippen LogP contribution in [-0.4, -0.2) is 10.7 Å². The minimum atomic E-state index is -0.376. The van der Waals surface area contributed by atoms with Crippen LogP contribution in [0.2, 0.25) is 0 Å². The lowest BCUT2D eigenvalue weighted by Crippen LogP contribution is -2.38. The third-order valence-electron chi connectivity index (χ3n) is 6.37. The van der Waals surface area contributed by atoms with Crippen LogP contribution < -0.4 is 0 Å². The van der Waals surface area contributed by atoms with Crippen molar-refractivity contribution >= 4 is 0 Å². The van der Waals surface area contributed by atoms with Crippen molar-refractivity contribution in [1.82, 2.24) is 0 Å². The summed E-state index contributed by atoms with van der Waals surface area (Å²) in [4.78, 5) is 0. The zero-order valence-corrected chi connectivity index (χ0v) is 11.2. The topological polar surface area (TPSA) is 20.2 Å². The van der Waals surface area contributed by atoms with Gasteiger partial charge in [-0.05, 0) is 61.2 Å². The van der Waals surface area contributed by atoms with E-state index in [0.29, 0.717) is 11.3 Å². The van der Waals surface area contributed by atoms with Crippen LogP contribution in [0.4, 0.5) is 0 Å². The maximum atomic E-state index is 10.7. The van der Waals surface area contributed by atoms with Gasteiger partial charge in [-0.1, -0.05) is 27.2 Å². The van der Waals surface area contributed by atoms with Gasteiger partial charge >= 0.3 is 0 Å². The first kappa shape index (κ1) is 11.1. The Morgan fingerprint density at radius 1 is 1.00 bits per heavy atom. The van der Waals surface area contributed by atoms with Gasteiger partial charge in [-0.25, -0.2) is 0 Å². The molecule has 0 spiro atoms. The van der Waals surface area contributed by atoms with Crippen LogP contribution in [0.25, 0.3) is 0 Å². The Morgan fingerprint density at radius 2 is 1.69 bits per heavy atom. The highest BCUT2D eigenvalue weighted by Gasteiger charge is 2.66. The summed E-state index contributed by atoms with van der Waals surface area (Å²) < 4.78 is 0. The molecule has 1 N–H and O–H groups in total. The van der Waals surface area contributed by atoms with E-state index in [1.165, 1.54) is 19.3 Å². The molecule has 0 saturated heterocycles. The summed E-state index contributed by atoms with van der Waals surface area (Å²) in [7, 11) is 0. The van der Waals surface area contributed by atoms with Crippen LogP contribution in [0.3, 0.4) is 0 Å². The van der Waals surface area contributed by atoms with Crippen molar-refractivity contribution in [3.8, 4) is 0 Å². The number of hydrogen-bond donors (Lipinski definition) is 1. The average Bonchev–Trinajstić information content (AvgIpc) is 2.51. The summed E-state index contributed by atoms with van der Waals surface area (Å²) in [6.45, 7) is 9.41. The highest BCUT2D eigenvalue weighted by molar-refractivity contribution is 5.14. The molecule has 16 heavy (non-hydrogen) atoms. The molecule has 3 rings (SSSR count). The van der Waals surface area contributed by atoms with Crippen LogP contribution in [-0.2, 0) is 0 Å². The molecule has 0 amide bonds. The van der Waals surface area contributed by atoms with E-state index in [-0.39, 0.29) is 5.60 Å². The largest absolute Gasteiger partial charge is 0.390 e. The molecule has 0 radical (unpaired) electrons. The lowest BCUT2D eigenvalue weighted by atomic mass is 9.74. The SMILES string of the molecule is C[C@H]1CC[C@@H]2[C@@H]1[C@@H]1[C@@H](CC[C@@]2(C)O)C1(C)C. The zero-order valence-electron chi connectivity index (χ0n) is 11.2. The Bertz CT molecular complexity index is 305. The monoisotopic (exact) mass is 222 g/mol. The number of hydrogen-bond acceptors (Lipinski definition) is 1. The molecular formula is C15H26O. The van der Waals surface area contributed by atoms with Crippen molar-refractivity contribution in [2.24, 2.45) is 35.0 Å². The molecule has 1 nitrogen and oxygen atoms in total. The summed E-state index contributed by atoms with van der Waals surface area (Å²) in [6, 6.07) is 0. The molecule has 0 aromatic carbocycles. The maximum absolute atomic E-state index is 10.7. The van der Waals surface area contributed by atoms with Gasteiger partial charge in [0, 0.05) is 0 Å². The van der Waals surface area contributed by atoms with Crippen LogP contribution in [0, 0.1) is 35.0 Å². The fourth-order valence-corrected chi connectivity index (χ4v) is 5.29. The van der Waals surface area contributed by atoms with Crippen molar-refractivity contribution in [2.45, 2.75) is 59.0 Å². The molecule has 0 aliphatic heterocycles. The quantitative estimate of drug-likeness (QED) is 0.665. The van der Waals surface area contributed by atoms with E-state index in [0.717, 1.165) is 30.1 Å². The van der Waals surface area contributed by atoms with E-state index in [4.69, 9.17) is 0 Å². The summed E-state index contributed by atoms with van der Waals surface area (Å²) >= 11 is 0. The van der Waals surface area contributed by atoms with E-state index in [9.17, 15) is 5.11 Å². The van der Waals surface area contributed by atoms with Crippen molar-refractivity contribution in [2.75, 3.05) is 0 Å². The van der Waals surface area contributed by atoms with Gasteiger partial charge < -0.3 is 5.11 Å². The van der Waals surface area contributed by atoms with Crippen LogP contribution in [0.15, 0.2) is 0 Å². The van der Waals surface area contributed by atoms with Crippen molar-refractivity contribution in [3.63, 3.8) is 0 Å². The Balaban J connectivity index is 1.94. The molecule has 3 aliphatic carbocycles. The predicted octanol–water partition coefficient (Wildman–Crippen LogP) is 3.47. The Labute approximate surface area is 99.6 Å². The van der Waals surface area contributed by atoms with Gasteiger partial charge in [-0.15, -0.1) is 0 Å². The fourth-order valence-electron chi connectivity index (χ4n) is 5.29. The Kier molecular flexibility index (Phi) is 2.11. The third-order valence-corrected chi connectivity index (χ3v) is 6.37. The standard InChI is InChI=1S/C15H26O/c1-9-5-6-10-12(9)13-11(14(13,2)3)7-8-15(10,4)16/h9-13,16H,5-8H2,1-4H3/t9-,10+,11+,12+,13-,15+/m0/s1. The summed E-state index contributed by atoms with van der Waals surface area (Å²) in [5.74, 6) is 4.03. The Hall–Kier alpha value is -0.0400. The second-order valence-electron chi connectivity index (χ2n) is 7.59. The minimum Gasteiger partial charge on any atom is -0.390 e. The first-order chi connectivity index (χ1) is 7.36. The molecular weight excluding hydrogens is 196 g/mol. The first-order valence-electron chi connectivity index (χ1n) is 7.08. The number of rotatable bonds is 0. The molecule has 6 atom stereocenters. The Morgan fingerprint density at radius 3 is 2.38 bits per heavy atom. The number of fused-ring (bicyclic) bond motifs is 3. The zero-order chi connectivity index (χ0) is 11.7. The van der Waals surface area contributed by atoms with E-state index >= 15 is 0 Å². The van der Waals surface area contributed by atoms with Crippen molar-refractivity contribution in [1.29, 1.82) is 0 Å². The lowest BCUT2D eigenvalue weighted by Gasteiger charge is -2.35. The molecule has 0 aromatic rings. The lowest BCUT2D eigenvalue weighted by molar-refractivity contribution is -0.0302. The molecule has 0 aromatic heterocycles. The van der Waals surface area contributed by atoms with Gasteiger partial charge in [-0.2, -0.15) is 0 Å². The van der Waals surface area contributed by atoms with Crippen molar-refractivity contribution < 1.29 is 5.11 Å². The predicted molar refractivity (Wildman–Crippen MR) is 66.0 cm³/mol. The van der Waals surface area contributed by atoms with Gasteiger partial charge in [0.1, 0.15) is 0 Å². The summed E-state index contributed by atoms with van der Waals surface area (Å²) in [5, 5.41) is 10.7. The van der Waals surface area contributed by atoms with E-state index < -0.39 is 0 Å². The summed E-state index contributed by atoms with van der Waals surface area (Å²) in [6.07, 6.45) is 4.89. The highest BCUT2D eigenvalue weighted by atomic mass is 16.3. The van der Waals surface area contributed by atoms with Gasteiger partial charge in [0.05, 0.1) is 5.60 Å². The van der Waals surface area contributed by atoms with Crippen molar-refractivity contribution in [3.05, 3.63) is 0 Å². The first-order valence-corrected chi connectivity index (χ1v) is 7.08. The fraction of sp³-hybridized carbons (Fsp3) is 1.00. The van der Waals surface area contributed by atoms with Crippen LogP contribution in [0.1, 0.15) is 53.4 Å². The van der Waals surface area contributed by atoms with Gasteiger partial charge in [0.25, 0.3) is 0 Å². The molecule has 1 heteroatoms. The van der Waals surface area contributed by atoms with Crippen LogP contribution >= 0.6 is 0 Å². The summed E-state index contributed by atoms with van der Waals surface area (Å²) in [5.41, 5.74) is 0.191. The highest BCUT2D eigenvalue weighted by Crippen LogP contribution is 2.71. The molecule has 0 unspecified atom stereocenters. The van der Waals surface area contributed by atoms with Gasteiger partial charge in [-0.3, -0.25) is 0 Å². The second-order valence-corrected chi connectivity index (χ2v) is 7.59. The smallest absolute Gasteiger partial charge is 0.0650 e. The third kappa shape index (κ3) is 1.27. The number of aliphatic hydroxyl groups is 1. The molecule has 3 aliphatic rings. The minimum absolute atomic E-state index is 0.376. The van der Waals surface area contributed by atoms with Gasteiger partial charge in [0.15, 0.2) is 0 Å². The maximum Gasteiger partial charge on any atom is 0.0650 e. The van der Waals surface area contributed by atoms with E-state index in [1.54, 1.807) is 0 Å². The van der Waals surface area contributed by atoms with Gasteiger partial charge in [0.2, 0.25) is 0 Å². The molecule has 3 saturated carbocycles. The second kappa shape index (κ2) is 3.04. The molecule has 92 valence electrons. The van der Waals surface area contributed by atoms with E-state index in [2.05, 4.69) is 27.7 Å².